The molecule has 1 aromatic carbocycles. The van der Waals surface area contributed by atoms with Crippen LogP contribution in [0.25, 0.3) is 11.5 Å². The molecular formula is C18H24N2O2. The van der Waals surface area contributed by atoms with Crippen molar-refractivity contribution in [3.8, 4) is 11.5 Å². The molecule has 1 fully saturated rings. The molecule has 2 atom stereocenters. The van der Waals surface area contributed by atoms with Gasteiger partial charge in [-0.2, -0.15) is 0 Å². The quantitative estimate of drug-likeness (QED) is 0.868. The molecule has 1 aromatic heterocycles. The maximum Gasteiger partial charge on any atom is 0.226 e. The van der Waals surface area contributed by atoms with Crippen molar-refractivity contribution in [1.29, 1.82) is 0 Å². The number of aryl methyl sites for hydroxylation is 2. The predicted molar refractivity (Wildman–Crippen MR) is 86.7 cm³/mol. The summed E-state index contributed by atoms with van der Waals surface area (Å²) in [5.74, 6) is 0.710. The number of benzene rings is 1. The number of hydrogen-bond donors (Lipinski definition) is 0. The molecule has 1 saturated heterocycles. The van der Waals surface area contributed by atoms with Gasteiger partial charge >= 0.3 is 0 Å². The van der Waals surface area contributed by atoms with Gasteiger partial charge in [-0.25, -0.2) is 4.98 Å². The number of aromatic nitrogens is 1. The Hall–Kier alpha value is -1.65. The van der Waals surface area contributed by atoms with Gasteiger partial charge in [0, 0.05) is 25.2 Å². The van der Waals surface area contributed by atoms with Crippen LogP contribution in [0.15, 0.2) is 28.9 Å². The van der Waals surface area contributed by atoms with Crippen molar-refractivity contribution in [3.05, 3.63) is 41.3 Å². The lowest BCUT2D eigenvalue weighted by atomic mass is 10.1. The minimum absolute atomic E-state index is 0.273. The number of hydrogen-bond acceptors (Lipinski definition) is 4. The van der Waals surface area contributed by atoms with Crippen molar-refractivity contribution in [2.45, 2.75) is 46.4 Å². The highest BCUT2D eigenvalue weighted by molar-refractivity contribution is 5.59. The Bertz CT molecular complexity index is 640. The summed E-state index contributed by atoms with van der Waals surface area (Å²) in [6.45, 7) is 11.1. The Kier molecular flexibility index (Phi) is 4.32. The SMILES string of the molecule is Cc1ccc(-c2nc(CN3CC(C)OC(C)C3)co2)c(C)c1. The normalized spacial score (nSPS) is 22.9. The van der Waals surface area contributed by atoms with Crippen LogP contribution in [0.1, 0.15) is 30.7 Å². The van der Waals surface area contributed by atoms with Crippen molar-refractivity contribution >= 4 is 0 Å². The monoisotopic (exact) mass is 300 g/mol. The molecular weight excluding hydrogens is 276 g/mol. The zero-order chi connectivity index (χ0) is 15.7. The van der Waals surface area contributed by atoms with E-state index in [1.165, 1.54) is 11.1 Å². The van der Waals surface area contributed by atoms with Gasteiger partial charge in [-0.1, -0.05) is 17.7 Å². The zero-order valence-electron chi connectivity index (χ0n) is 13.8. The molecule has 0 bridgehead atoms. The van der Waals surface area contributed by atoms with Crippen LogP contribution in [0.4, 0.5) is 0 Å². The maximum absolute atomic E-state index is 5.77. The Balaban J connectivity index is 1.73. The molecule has 4 nitrogen and oxygen atoms in total. The minimum atomic E-state index is 0.273. The molecule has 0 aliphatic carbocycles. The molecule has 0 saturated carbocycles. The summed E-state index contributed by atoms with van der Waals surface area (Å²) in [6, 6.07) is 6.33. The van der Waals surface area contributed by atoms with Gasteiger partial charge in [0.2, 0.25) is 5.89 Å². The molecule has 4 heteroatoms. The van der Waals surface area contributed by atoms with Gasteiger partial charge in [-0.05, 0) is 39.3 Å². The van der Waals surface area contributed by atoms with Crippen molar-refractivity contribution < 1.29 is 9.15 Å². The van der Waals surface area contributed by atoms with Gasteiger partial charge in [0.15, 0.2) is 0 Å². The molecule has 1 aliphatic heterocycles. The third kappa shape index (κ3) is 3.39. The summed E-state index contributed by atoms with van der Waals surface area (Å²) in [6.07, 6.45) is 2.32. The molecule has 2 aromatic rings. The van der Waals surface area contributed by atoms with Crippen LogP contribution in [-0.2, 0) is 11.3 Å². The minimum Gasteiger partial charge on any atom is -0.444 e. The van der Waals surface area contributed by atoms with Crippen molar-refractivity contribution in [2.24, 2.45) is 0 Å². The highest BCUT2D eigenvalue weighted by Crippen LogP contribution is 2.24. The maximum atomic E-state index is 5.77. The van der Waals surface area contributed by atoms with Gasteiger partial charge in [0.25, 0.3) is 0 Å². The van der Waals surface area contributed by atoms with Crippen LogP contribution in [0.2, 0.25) is 0 Å². The van der Waals surface area contributed by atoms with Gasteiger partial charge in [0.05, 0.1) is 17.9 Å². The first-order chi connectivity index (χ1) is 10.5. The van der Waals surface area contributed by atoms with Crippen molar-refractivity contribution in [2.75, 3.05) is 13.1 Å². The summed E-state index contributed by atoms with van der Waals surface area (Å²) in [5.41, 5.74) is 4.50. The molecule has 2 unspecified atom stereocenters. The largest absolute Gasteiger partial charge is 0.444 e. The topological polar surface area (TPSA) is 38.5 Å². The first kappa shape index (κ1) is 15.3. The second kappa shape index (κ2) is 6.23. The number of nitrogens with zero attached hydrogens (tertiary/aromatic N) is 2. The van der Waals surface area contributed by atoms with Crippen LogP contribution >= 0.6 is 0 Å². The van der Waals surface area contributed by atoms with E-state index in [9.17, 15) is 0 Å². The first-order valence-corrected chi connectivity index (χ1v) is 7.91. The van der Waals surface area contributed by atoms with E-state index in [4.69, 9.17) is 9.15 Å². The molecule has 0 N–H and O–H groups in total. The predicted octanol–water partition coefficient (Wildman–Crippen LogP) is 3.57. The highest BCUT2D eigenvalue weighted by Gasteiger charge is 2.23. The van der Waals surface area contributed by atoms with E-state index in [1.807, 2.05) is 0 Å². The molecule has 118 valence electrons. The van der Waals surface area contributed by atoms with E-state index in [1.54, 1.807) is 6.26 Å². The summed E-state index contributed by atoms with van der Waals surface area (Å²) >= 11 is 0. The Morgan fingerprint density at radius 1 is 1.18 bits per heavy atom. The lowest BCUT2D eigenvalue weighted by Crippen LogP contribution is -2.44. The zero-order valence-corrected chi connectivity index (χ0v) is 13.8. The average Bonchev–Trinajstić information content (AvgIpc) is 2.85. The van der Waals surface area contributed by atoms with Crippen LogP contribution in [-0.4, -0.2) is 35.2 Å². The molecule has 2 heterocycles. The van der Waals surface area contributed by atoms with Crippen LogP contribution < -0.4 is 0 Å². The van der Waals surface area contributed by atoms with Crippen LogP contribution in [0, 0.1) is 13.8 Å². The van der Waals surface area contributed by atoms with Gasteiger partial charge < -0.3 is 9.15 Å². The van der Waals surface area contributed by atoms with Crippen molar-refractivity contribution in [1.82, 2.24) is 9.88 Å². The van der Waals surface area contributed by atoms with Crippen LogP contribution in [0.5, 0.6) is 0 Å². The van der Waals surface area contributed by atoms with E-state index in [2.05, 4.69) is 55.8 Å². The van der Waals surface area contributed by atoms with E-state index < -0.39 is 0 Å². The molecule has 0 amide bonds. The lowest BCUT2D eigenvalue weighted by molar-refractivity contribution is -0.0707. The second-order valence-electron chi connectivity index (χ2n) is 6.41. The van der Waals surface area contributed by atoms with E-state index in [0.29, 0.717) is 5.89 Å². The molecule has 1 aliphatic rings. The van der Waals surface area contributed by atoms with E-state index >= 15 is 0 Å². The fourth-order valence-corrected chi connectivity index (χ4v) is 3.20. The van der Waals surface area contributed by atoms with Gasteiger partial charge in [-0.3, -0.25) is 4.90 Å². The second-order valence-corrected chi connectivity index (χ2v) is 6.41. The molecule has 0 spiro atoms. The number of ether oxygens (including phenoxy) is 1. The third-order valence-corrected chi connectivity index (χ3v) is 4.04. The van der Waals surface area contributed by atoms with Crippen molar-refractivity contribution in [3.63, 3.8) is 0 Å². The Morgan fingerprint density at radius 2 is 1.91 bits per heavy atom. The smallest absolute Gasteiger partial charge is 0.226 e. The fourth-order valence-electron chi connectivity index (χ4n) is 3.20. The summed E-state index contributed by atoms with van der Waals surface area (Å²) in [7, 11) is 0. The number of oxazole rings is 1. The molecule has 0 radical (unpaired) electrons. The first-order valence-electron chi connectivity index (χ1n) is 7.91. The molecule has 3 rings (SSSR count). The fraction of sp³-hybridized carbons (Fsp3) is 0.500. The van der Waals surface area contributed by atoms with Gasteiger partial charge in [-0.15, -0.1) is 0 Å². The number of morpholine rings is 1. The average molecular weight is 300 g/mol. The van der Waals surface area contributed by atoms with Gasteiger partial charge in [0.1, 0.15) is 6.26 Å². The highest BCUT2D eigenvalue weighted by atomic mass is 16.5. The lowest BCUT2D eigenvalue weighted by Gasteiger charge is -2.34. The Labute approximate surface area is 132 Å². The summed E-state index contributed by atoms with van der Waals surface area (Å²) < 4.78 is 11.5. The Morgan fingerprint density at radius 3 is 2.59 bits per heavy atom. The third-order valence-electron chi connectivity index (χ3n) is 4.04. The standard InChI is InChI=1S/C18H24N2O2/c1-12-5-6-17(13(2)7-12)18-19-16(11-21-18)10-20-8-14(3)22-15(4)9-20/h5-7,11,14-15H,8-10H2,1-4H3. The van der Waals surface area contributed by atoms with E-state index in [-0.39, 0.29) is 12.2 Å². The number of rotatable bonds is 3. The molecule has 22 heavy (non-hydrogen) atoms. The van der Waals surface area contributed by atoms with E-state index in [0.717, 1.165) is 30.9 Å². The van der Waals surface area contributed by atoms with Crippen LogP contribution in [0.3, 0.4) is 0 Å². The summed E-state index contributed by atoms with van der Waals surface area (Å²) in [4.78, 5) is 7.04. The summed E-state index contributed by atoms with van der Waals surface area (Å²) in [5, 5.41) is 0.